The Morgan fingerprint density at radius 2 is 2.17 bits per heavy atom. The van der Waals surface area contributed by atoms with Gasteiger partial charge in [-0.05, 0) is 11.6 Å². The second-order valence-corrected chi connectivity index (χ2v) is 5.00. The number of rotatable bonds is 6. The first kappa shape index (κ1) is 12.9. The highest BCUT2D eigenvalue weighted by Crippen LogP contribution is 2.04. The lowest BCUT2D eigenvalue weighted by Crippen LogP contribution is -2.21. The van der Waals surface area contributed by atoms with Crippen molar-refractivity contribution in [2.24, 2.45) is 7.05 Å². The summed E-state index contributed by atoms with van der Waals surface area (Å²) in [5.74, 6) is 1.13. The molecular weight excluding hydrogens is 224 g/mol. The average molecular weight is 246 g/mol. The van der Waals surface area contributed by atoms with Crippen LogP contribution in [-0.4, -0.2) is 20.2 Å². The minimum Gasteiger partial charge on any atom is -0.353 e. The molecule has 0 aliphatic heterocycles. The van der Waals surface area contributed by atoms with Gasteiger partial charge in [-0.3, -0.25) is 0 Å². The Kier molecular flexibility index (Phi) is 4.20. The lowest BCUT2D eigenvalue weighted by Gasteiger charge is -2.06. The summed E-state index contributed by atoms with van der Waals surface area (Å²) in [7, 11) is 2.04. The van der Waals surface area contributed by atoms with Crippen LogP contribution in [0.2, 0.25) is 0 Å². The van der Waals surface area contributed by atoms with Gasteiger partial charge in [0.15, 0.2) is 0 Å². The number of nitrogens with zero attached hydrogens (tertiary/aromatic N) is 3. The molecule has 98 valence electrons. The van der Waals surface area contributed by atoms with Crippen LogP contribution in [0.1, 0.15) is 25.2 Å². The van der Waals surface area contributed by atoms with Gasteiger partial charge in [-0.1, -0.05) is 13.8 Å². The molecule has 4 nitrogen and oxygen atoms in total. The third-order valence-electron chi connectivity index (χ3n) is 3.04. The maximum absolute atomic E-state index is 4.33. The van der Waals surface area contributed by atoms with Crippen LogP contribution in [-0.2, 0) is 26.6 Å². The molecule has 0 bridgehead atoms. The van der Waals surface area contributed by atoms with E-state index in [4.69, 9.17) is 0 Å². The number of hydrogen-bond donors (Lipinski definition) is 1. The molecule has 2 aromatic heterocycles. The fourth-order valence-corrected chi connectivity index (χ4v) is 1.92. The first-order chi connectivity index (χ1) is 8.65. The summed E-state index contributed by atoms with van der Waals surface area (Å²) in [6.45, 7) is 6.25. The zero-order chi connectivity index (χ0) is 13.0. The van der Waals surface area contributed by atoms with E-state index >= 15 is 0 Å². The average Bonchev–Trinajstić information content (AvgIpc) is 2.93. The Balaban J connectivity index is 1.85. The molecule has 0 radical (unpaired) electrons. The van der Waals surface area contributed by atoms with E-state index in [1.165, 1.54) is 5.56 Å². The normalized spacial score (nSPS) is 11.3. The van der Waals surface area contributed by atoms with E-state index in [1.807, 2.05) is 19.4 Å². The molecule has 0 unspecified atom stereocenters. The van der Waals surface area contributed by atoms with E-state index in [2.05, 4.69) is 51.7 Å². The maximum Gasteiger partial charge on any atom is 0.110 e. The molecule has 1 N–H and O–H groups in total. The minimum atomic E-state index is 0.529. The SMILES string of the molecule is CC(C)NCc1ccn(CCc2nccn2C)c1. The van der Waals surface area contributed by atoms with Crippen LogP contribution in [0.5, 0.6) is 0 Å². The second-order valence-electron chi connectivity index (χ2n) is 5.00. The van der Waals surface area contributed by atoms with Gasteiger partial charge < -0.3 is 14.5 Å². The Labute approximate surface area is 109 Å². The van der Waals surface area contributed by atoms with Crippen molar-refractivity contribution >= 4 is 0 Å². The van der Waals surface area contributed by atoms with Gasteiger partial charge in [0, 0.05) is 57.4 Å². The highest BCUT2D eigenvalue weighted by atomic mass is 15.0. The second kappa shape index (κ2) is 5.87. The van der Waals surface area contributed by atoms with Crippen molar-refractivity contribution in [2.75, 3.05) is 0 Å². The summed E-state index contributed by atoms with van der Waals surface area (Å²) in [4.78, 5) is 4.33. The largest absolute Gasteiger partial charge is 0.353 e. The molecule has 0 amide bonds. The lowest BCUT2D eigenvalue weighted by atomic mass is 10.3. The van der Waals surface area contributed by atoms with Crippen molar-refractivity contribution in [1.82, 2.24) is 19.4 Å². The van der Waals surface area contributed by atoms with E-state index in [0.717, 1.165) is 25.3 Å². The van der Waals surface area contributed by atoms with Crippen molar-refractivity contribution in [1.29, 1.82) is 0 Å². The van der Waals surface area contributed by atoms with Crippen LogP contribution in [0, 0.1) is 0 Å². The van der Waals surface area contributed by atoms with Crippen molar-refractivity contribution in [2.45, 2.75) is 39.4 Å². The molecule has 2 aromatic rings. The van der Waals surface area contributed by atoms with E-state index in [-0.39, 0.29) is 0 Å². The van der Waals surface area contributed by atoms with Crippen molar-refractivity contribution in [3.05, 3.63) is 42.2 Å². The molecule has 2 rings (SSSR count). The highest BCUT2D eigenvalue weighted by Gasteiger charge is 2.01. The van der Waals surface area contributed by atoms with E-state index in [9.17, 15) is 0 Å². The van der Waals surface area contributed by atoms with Gasteiger partial charge in [-0.15, -0.1) is 0 Å². The van der Waals surface area contributed by atoms with Crippen LogP contribution in [0.4, 0.5) is 0 Å². The van der Waals surface area contributed by atoms with Crippen LogP contribution in [0.25, 0.3) is 0 Å². The molecule has 0 saturated heterocycles. The fourth-order valence-electron chi connectivity index (χ4n) is 1.92. The summed E-state index contributed by atoms with van der Waals surface area (Å²) in [6.07, 6.45) is 9.15. The Hall–Kier alpha value is -1.55. The van der Waals surface area contributed by atoms with Crippen molar-refractivity contribution in [3.63, 3.8) is 0 Å². The predicted octanol–water partition coefficient (Wildman–Crippen LogP) is 1.96. The molecule has 0 fully saturated rings. The summed E-state index contributed by atoms with van der Waals surface area (Å²) in [5.41, 5.74) is 1.34. The van der Waals surface area contributed by atoms with Crippen LogP contribution < -0.4 is 5.32 Å². The van der Waals surface area contributed by atoms with Crippen LogP contribution >= 0.6 is 0 Å². The zero-order valence-corrected chi connectivity index (χ0v) is 11.4. The summed E-state index contributed by atoms with van der Waals surface area (Å²) < 4.78 is 4.30. The van der Waals surface area contributed by atoms with Gasteiger partial charge in [0.25, 0.3) is 0 Å². The standard InChI is InChI=1S/C14H22N4/c1-12(2)16-10-13-4-7-18(11-13)8-5-14-15-6-9-17(14)3/h4,6-7,9,11-12,16H,5,8,10H2,1-3H3. The van der Waals surface area contributed by atoms with Gasteiger partial charge in [0.05, 0.1) is 0 Å². The molecule has 0 aromatic carbocycles. The van der Waals surface area contributed by atoms with Gasteiger partial charge in [-0.25, -0.2) is 4.98 Å². The van der Waals surface area contributed by atoms with Crippen LogP contribution in [0.15, 0.2) is 30.9 Å². The van der Waals surface area contributed by atoms with Gasteiger partial charge >= 0.3 is 0 Å². The third-order valence-corrected chi connectivity index (χ3v) is 3.04. The minimum absolute atomic E-state index is 0.529. The number of nitrogens with one attached hydrogen (secondary N) is 1. The fraction of sp³-hybridized carbons (Fsp3) is 0.500. The van der Waals surface area contributed by atoms with Gasteiger partial charge in [0.1, 0.15) is 5.82 Å². The maximum atomic E-state index is 4.33. The molecule has 4 heteroatoms. The summed E-state index contributed by atoms with van der Waals surface area (Å²) >= 11 is 0. The smallest absolute Gasteiger partial charge is 0.110 e. The Morgan fingerprint density at radius 3 is 2.83 bits per heavy atom. The number of aryl methyl sites for hydroxylation is 3. The first-order valence-electron chi connectivity index (χ1n) is 6.49. The summed E-state index contributed by atoms with van der Waals surface area (Å²) in [5, 5.41) is 3.42. The molecular formula is C14H22N4. The molecule has 0 aliphatic rings. The highest BCUT2D eigenvalue weighted by molar-refractivity contribution is 5.10. The third kappa shape index (κ3) is 3.47. The number of aromatic nitrogens is 3. The Bertz CT molecular complexity index is 481. The quantitative estimate of drug-likeness (QED) is 0.845. The monoisotopic (exact) mass is 246 g/mol. The summed E-state index contributed by atoms with van der Waals surface area (Å²) in [6, 6.07) is 2.70. The number of hydrogen-bond acceptors (Lipinski definition) is 2. The van der Waals surface area contributed by atoms with E-state index < -0.39 is 0 Å². The molecule has 0 atom stereocenters. The van der Waals surface area contributed by atoms with E-state index in [0.29, 0.717) is 6.04 Å². The lowest BCUT2D eigenvalue weighted by molar-refractivity contribution is 0.586. The zero-order valence-electron chi connectivity index (χ0n) is 11.4. The van der Waals surface area contributed by atoms with Crippen LogP contribution in [0.3, 0.4) is 0 Å². The van der Waals surface area contributed by atoms with Crippen molar-refractivity contribution in [3.8, 4) is 0 Å². The van der Waals surface area contributed by atoms with Gasteiger partial charge in [0.2, 0.25) is 0 Å². The first-order valence-corrected chi connectivity index (χ1v) is 6.49. The Morgan fingerprint density at radius 1 is 1.33 bits per heavy atom. The van der Waals surface area contributed by atoms with Crippen molar-refractivity contribution < 1.29 is 0 Å². The topological polar surface area (TPSA) is 34.8 Å². The van der Waals surface area contributed by atoms with Gasteiger partial charge in [-0.2, -0.15) is 0 Å². The van der Waals surface area contributed by atoms with E-state index in [1.54, 1.807) is 0 Å². The molecule has 18 heavy (non-hydrogen) atoms. The molecule has 0 aliphatic carbocycles. The predicted molar refractivity (Wildman–Crippen MR) is 73.3 cm³/mol. The molecule has 0 saturated carbocycles. The number of imidazole rings is 1. The molecule has 2 heterocycles. The molecule has 0 spiro atoms.